The fourth-order valence-electron chi connectivity index (χ4n) is 2.13. The van der Waals surface area contributed by atoms with Crippen molar-refractivity contribution in [3.63, 3.8) is 0 Å². The van der Waals surface area contributed by atoms with E-state index in [1.54, 1.807) is 0 Å². The van der Waals surface area contributed by atoms with Crippen molar-refractivity contribution >= 4 is 0 Å². The molecule has 19 heavy (non-hydrogen) atoms. The van der Waals surface area contributed by atoms with Crippen molar-refractivity contribution in [2.75, 3.05) is 6.54 Å². The Balaban J connectivity index is 2.12. The van der Waals surface area contributed by atoms with E-state index in [1.165, 1.54) is 5.56 Å². The van der Waals surface area contributed by atoms with Gasteiger partial charge < -0.3 is 5.32 Å². The lowest BCUT2D eigenvalue weighted by molar-refractivity contribution is 0.506. The number of hydrogen-bond donors (Lipinski definition) is 1. The molecule has 2 rings (SSSR count). The molecule has 0 bridgehead atoms. The van der Waals surface area contributed by atoms with Gasteiger partial charge >= 0.3 is 0 Å². The minimum Gasteiger partial charge on any atom is -0.310 e. The zero-order chi connectivity index (χ0) is 13.7. The van der Waals surface area contributed by atoms with Crippen molar-refractivity contribution in [3.8, 4) is 0 Å². The molecule has 1 unspecified atom stereocenters. The van der Waals surface area contributed by atoms with Crippen molar-refractivity contribution in [1.29, 1.82) is 0 Å². The quantitative estimate of drug-likeness (QED) is 0.866. The molecule has 1 N–H and O–H groups in total. The molecule has 0 aliphatic rings. The van der Waals surface area contributed by atoms with Gasteiger partial charge in [0.05, 0.1) is 5.69 Å². The van der Waals surface area contributed by atoms with Crippen molar-refractivity contribution in [3.05, 3.63) is 48.0 Å². The van der Waals surface area contributed by atoms with Crippen LogP contribution in [-0.2, 0) is 6.42 Å². The molecule has 0 saturated carbocycles. The van der Waals surface area contributed by atoms with Crippen LogP contribution >= 0.6 is 0 Å². The van der Waals surface area contributed by atoms with Crippen LogP contribution in [0.5, 0.6) is 0 Å². The molecular formula is C15H22N4. The molecule has 1 atom stereocenters. The van der Waals surface area contributed by atoms with Crippen molar-refractivity contribution in [2.24, 2.45) is 0 Å². The fourth-order valence-corrected chi connectivity index (χ4v) is 2.13. The molecule has 0 saturated heterocycles. The van der Waals surface area contributed by atoms with Gasteiger partial charge in [-0.3, -0.25) is 9.67 Å². The van der Waals surface area contributed by atoms with Gasteiger partial charge in [-0.15, -0.1) is 0 Å². The monoisotopic (exact) mass is 258 g/mol. The van der Waals surface area contributed by atoms with Crippen LogP contribution in [0.25, 0.3) is 0 Å². The third-order valence-electron chi connectivity index (χ3n) is 3.16. The average Bonchev–Trinajstić information content (AvgIpc) is 2.88. The topological polar surface area (TPSA) is 42.7 Å². The normalized spacial score (nSPS) is 12.8. The SMILES string of the molecule is CCNC(Cc1ccn(C(C)C)n1)c1ccncc1. The van der Waals surface area contributed by atoms with Crippen LogP contribution in [0.15, 0.2) is 36.8 Å². The van der Waals surface area contributed by atoms with Crippen molar-refractivity contribution < 1.29 is 0 Å². The Kier molecular flexibility index (Phi) is 4.68. The zero-order valence-corrected chi connectivity index (χ0v) is 11.9. The number of rotatable bonds is 6. The molecule has 0 spiro atoms. The standard InChI is InChI=1S/C15H22N4/c1-4-17-15(13-5-8-16-9-6-13)11-14-7-10-19(18-14)12(2)3/h5-10,12,15,17H,4,11H2,1-3H3. The highest BCUT2D eigenvalue weighted by Gasteiger charge is 2.13. The molecule has 4 nitrogen and oxygen atoms in total. The smallest absolute Gasteiger partial charge is 0.0643 e. The molecule has 0 aromatic carbocycles. The Morgan fingerprint density at radius 3 is 2.53 bits per heavy atom. The van der Waals surface area contributed by atoms with Gasteiger partial charge in [0.25, 0.3) is 0 Å². The van der Waals surface area contributed by atoms with Gasteiger partial charge in [-0.2, -0.15) is 5.10 Å². The van der Waals surface area contributed by atoms with Gasteiger partial charge in [0.1, 0.15) is 0 Å². The molecule has 2 aromatic heterocycles. The fraction of sp³-hybridized carbons (Fsp3) is 0.467. The van der Waals surface area contributed by atoms with Crippen molar-refractivity contribution in [2.45, 2.75) is 39.3 Å². The van der Waals surface area contributed by atoms with Crippen LogP contribution < -0.4 is 5.32 Å². The molecule has 0 amide bonds. The molecule has 4 heteroatoms. The third kappa shape index (κ3) is 3.64. The van der Waals surface area contributed by atoms with E-state index < -0.39 is 0 Å². The number of nitrogens with zero attached hydrogens (tertiary/aromatic N) is 3. The third-order valence-corrected chi connectivity index (χ3v) is 3.16. The second kappa shape index (κ2) is 6.48. The molecule has 2 heterocycles. The molecule has 0 radical (unpaired) electrons. The lowest BCUT2D eigenvalue weighted by atomic mass is 10.0. The number of likely N-dealkylation sites (N-methyl/N-ethyl adjacent to an activating group) is 1. The molecule has 2 aromatic rings. The summed E-state index contributed by atoms with van der Waals surface area (Å²) in [5.41, 5.74) is 2.38. The maximum Gasteiger partial charge on any atom is 0.0643 e. The number of pyridine rings is 1. The van der Waals surface area contributed by atoms with Crippen LogP contribution in [0, 0.1) is 0 Å². The summed E-state index contributed by atoms with van der Waals surface area (Å²) in [5.74, 6) is 0. The van der Waals surface area contributed by atoms with Crippen molar-refractivity contribution in [1.82, 2.24) is 20.1 Å². The van der Waals surface area contributed by atoms with Crippen LogP contribution in [0.2, 0.25) is 0 Å². The molecular weight excluding hydrogens is 236 g/mol. The van der Waals surface area contributed by atoms with E-state index in [-0.39, 0.29) is 0 Å². The summed E-state index contributed by atoms with van der Waals surface area (Å²) in [5, 5.41) is 8.13. The van der Waals surface area contributed by atoms with Crippen LogP contribution in [0.4, 0.5) is 0 Å². The predicted molar refractivity (Wildman–Crippen MR) is 77.0 cm³/mol. The maximum atomic E-state index is 4.62. The summed E-state index contributed by atoms with van der Waals surface area (Å²) >= 11 is 0. The minimum atomic E-state index is 0.295. The zero-order valence-electron chi connectivity index (χ0n) is 11.9. The first-order valence-corrected chi connectivity index (χ1v) is 6.88. The first-order valence-electron chi connectivity index (χ1n) is 6.88. The Morgan fingerprint density at radius 2 is 1.95 bits per heavy atom. The first-order chi connectivity index (χ1) is 9.20. The molecule has 0 aliphatic heterocycles. The van der Waals surface area contributed by atoms with Gasteiger partial charge in [0, 0.05) is 37.1 Å². The lowest BCUT2D eigenvalue weighted by Gasteiger charge is -2.17. The second-order valence-corrected chi connectivity index (χ2v) is 4.98. The van der Waals surface area contributed by atoms with E-state index in [0.29, 0.717) is 12.1 Å². The van der Waals surface area contributed by atoms with E-state index in [4.69, 9.17) is 0 Å². The van der Waals surface area contributed by atoms with Crippen LogP contribution in [0.1, 0.15) is 44.1 Å². The van der Waals surface area contributed by atoms with Crippen LogP contribution in [-0.4, -0.2) is 21.3 Å². The summed E-state index contributed by atoms with van der Waals surface area (Å²) in [4.78, 5) is 4.07. The summed E-state index contributed by atoms with van der Waals surface area (Å²) < 4.78 is 2.00. The highest BCUT2D eigenvalue weighted by molar-refractivity contribution is 5.18. The summed E-state index contributed by atoms with van der Waals surface area (Å²) in [6.45, 7) is 7.35. The summed E-state index contributed by atoms with van der Waals surface area (Å²) in [6, 6.07) is 6.93. The Morgan fingerprint density at radius 1 is 1.21 bits per heavy atom. The average molecular weight is 258 g/mol. The van der Waals surface area contributed by atoms with Gasteiger partial charge in [0.2, 0.25) is 0 Å². The van der Waals surface area contributed by atoms with E-state index in [2.05, 4.69) is 60.6 Å². The molecule has 0 fully saturated rings. The van der Waals surface area contributed by atoms with E-state index in [1.807, 2.05) is 17.1 Å². The lowest BCUT2D eigenvalue weighted by Crippen LogP contribution is -2.23. The Labute approximate surface area is 114 Å². The Bertz CT molecular complexity index is 490. The van der Waals surface area contributed by atoms with E-state index in [0.717, 1.165) is 18.7 Å². The predicted octanol–water partition coefficient (Wildman–Crippen LogP) is 2.75. The highest BCUT2D eigenvalue weighted by atomic mass is 15.3. The van der Waals surface area contributed by atoms with Gasteiger partial charge in [-0.05, 0) is 44.2 Å². The summed E-state index contributed by atoms with van der Waals surface area (Å²) in [6.07, 6.45) is 6.63. The van der Waals surface area contributed by atoms with E-state index >= 15 is 0 Å². The molecule has 102 valence electrons. The minimum absolute atomic E-state index is 0.295. The first kappa shape index (κ1) is 13.7. The van der Waals surface area contributed by atoms with Crippen LogP contribution in [0.3, 0.4) is 0 Å². The second-order valence-electron chi connectivity index (χ2n) is 4.98. The Hall–Kier alpha value is -1.68. The number of aromatic nitrogens is 3. The van der Waals surface area contributed by atoms with Gasteiger partial charge in [-0.25, -0.2) is 0 Å². The number of nitrogens with one attached hydrogen (secondary N) is 1. The van der Waals surface area contributed by atoms with Gasteiger partial charge in [-0.1, -0.05) is 6.92 Å². The van der Waals surface area contributed by atoms with Gasteiger partial charge in [0.15, 0.2) is 0 Å². The highest BCUT2D eigenvalue weighted by Crippen LogP contribution is 2.17. The molecule has 0 aliphatic carbocycles. The maximum absolute atomic E-state index is 4.62. The summed E-state index contributed by atoms with van der Waals surface area (Å²) in [7, 11) is 0. The van der Waals surface area contributed by atoms with E-state index in [9.17, 15) is 0 Å². The largest absolute Gasteiger partial charge is 0.310 e. The number of hydrogen-bond acceptors (Lipinski definition) is 3.